The van der Waals surface area contributed by atoms with Gasteiger partial charge < -0.3 is 19.0 Å². The number of aromatic nitrogens is 4. The number of tetrazole rings is 1. The van der Waals surface area contributed by atoms with E-state index in [1.165, 1.54) is 26.6 Å². The lowest BCUT2D eigenvalue weighted by atomic mass is 10.0. The van der Waals surface area contributed by atoms with E-state index in [1.807, 2.05) is 24.3 Å². The molecule has 0 radical (unpaired) electrons. The number of fused-ring (bicyclic) bond motifs is 1. The molecule has 4 rings (SSSR count). The van der Waals surface area contributed by atoms with Crippen molar-refractivity contribution in [2.75, 3.05) is 14.2 Å². The number of nitrogens with one attached hydrogen (secondary N) is 1. The molecule has 0 saturated carbocycles. The van der Waals surface area contributed by atoms with Crippen LogP contribution in [0.25, 0.3) is 28.4 Å². The molecule has 2 aromatic carbocycles. The molecule has 146 valence electrons. The van der Waals surface area contributed by atoms with E-state index < -0.39 is 5.78 Å². The largest absolute Gasteiger partial charge is 0.504 e. The molecular weight excluding hydrogens is 376 g/mol. The highest BCUT2D eigenvalue weighted by atomic mass is 16.5. The number of methoxy groups -OCH3 is 2. The van der Waals surface area contributed by atoms with Crippen LogP contribution in [0.1, 0.15) is 15.9 Å². The summed E-state index contributed by atoms with van der Waals surface area (Å²) in [5.41, 5.74) is 1.78. The zero-order valence-corrected chi connectivity index (χ0v) is 15.5. The third kappa shape index (κ3) is 3.18. The molecule has 0 bridgehead atoms. The molecule has 2 N–H and O–H groups in total. The third-order valence-electron chi connectivity index (χ3n) is 4.37. The second-order valence-electron chi connectivity index (χ2n) is 6.01. The number of carbonyl (C=O) groups excluding carboxylic acids is 1. The molecule has 9 nitrogen and oxygen atoms in total. The van der Waals surface area contributed by atoms with Crippen LogP contribution >= 0.6 is 0 Å². The predicted octanol–water partition coefficient (Wildman–Crippen LogP) is 3.23. The Morgan fingerprint density at radius 3 is 2.76 bits per heavy atom. The first-order chi connectivity index (χ1) is 14.1. The van der Waals surface area contributed by atoms with Crippen molar-refractivity contribution in [3.63, 3.8) is 0 Å². The summed E-state index contributed by atoms with van der Waals surface area (Å²) < 4.78 is 16.0. The van der Waals surface area contributed by atoms with E-state index in [0.717, 1.165) is 11.1 Å². The number of allylic oxidation sites excluding steroid dienone is 1. The Morgan fingerprint density at radius 2 is 2.03 bits per heavy atom. The minimum Gasteiger partial charge on any atom is -0.504 e. The number of ketones is 1. The van der Waals surface area contributed by atoms with Crippen molar-refractivity contribution >= 4 is 22.8 Å². The number of rotatable bonds is 6. The topological polar surface area (TPSA) is 123 Å². The quantitative estimate of drug-likeness (QED) is 0.379. The molecule has 2 heterocycles. The van der Waals surface area contributed by atoms with Crippen molar-refractivity contribution in [3.8, 4) is 28.6 Å². The first kappa shape index (κ1) is 18.2. The smallest absolute Gasteiger partial charge is 0.205 e. The van der Waals surface area contributed by atoms with Gasteiger partial charge in [0.2, 0.25) is 11.6 Å². The SMILES string of the molecule is COc1c(C(=O)C=Cc2cccc(-c3nn[nH]n3)c2)c(O)c(OC)c2occc12. The van der Waals surface area contributed by atoms with Crippen molar-refractivity contribution in [2.45, 2.75) is 0 Å². The van der Waals surface area contributed by atoms with Gasteiger partial charge >= 0.3 is 0 Å². The molecule has 0 spiro atoms. The summed E-state index contributed by atoms with van der Waals surface area (Å²) in [5.74, 6) is -0.0716. The Bertz CT molecular complexity index is 1210. The maximum absolute atomic E-state index is 12.9. The van der Waals surface area contributed by atoms with Crippen molar-refractivity contribution in [2.24, 2.45) is 0 Å². The fourth-order valence-corrected chi connectivity index (χ4v) is 3.08. The van der Waals surface area contributed by atoms with Gasteiger partial charge in [0, 0.05) is 5.56 Å². The highest BCUT2D eigenvalue weighted by molar-refractivity contribution is 6.15. The number of ether oxygens (including phenoxy) is 2. The second kappa shape index (κ2) is 7.47. The Morgan fingerprint density at radius 1 is 1.21 bits per heavy atom. The lowest BCUT2D eigenvalue weighted by Gasteiger charge is -2.13. The van der Waals surface area contributed by atoms with E-state index in [-0.39, 0.29) is 22.8 Å². The van der Waals surface area contributed by atoms with Crippen molar-refractivity contribution in [1.29, 1.82) is 0 Å². The number of furan rings is 1. The van der Waals surface area contributed by atoms with Gasteiger partial charge in [0.15, 0.2) is 17.1 Å². The standard InChI is InChI=1S/C20H16N4O5/c1-27-17-13-8-9-29-18(13)19(28-2)16(26)15(17)14(25)7-6-11-4-3-5-12(10-11)20-21-23-24-22-20/h3-10,26H,1-2H3,(H,21,22,23,24). The zero-order chi connectivity index (χ0) is 20.4. The van der Waals surface area contributed by atoms with Gasteiger partial charge in [-0.3, -0.25) is 4.79 Å². The van der Waals surface area contributed by atoms with Crippen LogP contribution in [0.4, 0.5) is 0 Å². The molecule has 0 aliphatic rings. The fraction of sp³-hybridized carbons (Fsp3) is 0.100. The number of aromatic amines is 1. The van der Waals surface area contributed by atoms with E-state index in [1.54, 1.807) is 12.1 Å². The van der Waals surface area contributed by atoms with Gasteiger partial charge in [-0.1, -0.05) is 24.3 Å². The number of phenols is 1. The van der Waals surface area contributed by atoms with Gasteiger partial charge in [0.05, 0.1) is 25.9 Å². The molecule has 0 aliphatic carbocycles. The Balaban J connectivity index is 1.73. The summed E-state index contributed by atoms with van der Waals surface area (Å²) in [5, 5.41) is 24.9. The van der Waals surface area contributed by atoms with Crippen LogP contribution in [0.15, 0.2) is 47.1 Å². The fourth-order valence-electron chi connectivity index (χ4n) is 3.08. The number of hydrogen-bond acceptors (Lipinski definition) is 8. The molecule has 0 unspecified atom stereocenters. The van der Waals surface area contributed by atoms with Crippen LogP contribution in [-0.2, 0) is 0 Å². The lowest BCUT2D eigenvalue weighted by Crippen LogP contribution is -2.02. The average molecular weight is 392 g/mol. The maximum Gasteiger partial charge on any atom is 0.205 e. The summed E-state index contributed by atoms with van der Waals surface area (Å²) >= 11 is 0. The molecule has 29 heavy (non-hydrogen) atoms. The minimum atomic E-state index is -0.453. The molecule has 0 amide bonds. The van der Waals surface area contributed by atoms with Gasteiger partial charge in [-0.2, -0.15) is 5.21 Å². The normalized spacial score (nSPS) is 11.2. The molecule has 2 aromatic heterocycles. The van der Waals surface area contributed by atoms with E-state index in [0.29, 0.717) is 16.8 Å². The van der Waals surface area contributed by atoms with Crippen LogP contribution < -0.4 is 9.47 Å². The molecule has 0 aliphatic heterocycles. The predicted molar refractivity (Wildman–Crippen MR) is 104 cm³/mol. The third-order valence-corrected chi connectivity index (χ3v) is 4.37. The average Bonchev–Trinajstić information content (AvgIpc) is 3.43. The van der Waals surface area contributed by atoms with Gasteiger partial charge in [-0.25, -0.2) is 0 Å². The first-order valence-electron chi connectivity index (χ1n) is 8.54. The van der Waals surface area contributed by atoms with Crippen molar-refractivity contribution in [3.05, 3.63) is 53.8 Å². The van der Waals surface area contributed by atoms with E-state index in [4.69, 9.17) is 13.9 Å². The Kier molecular flexibility index (Phi) is 4.70. The van der Waals surface area contributed by atoms with Crippen LogP contribution in [0, 0.1) is 0 Å². The number of benzene rings is 2. The number of aromatic hydroxyl groups is 1. The van der Waals surface area contributed by atoms with E-state index >= 15 is 0 Å². The first-order valence-corrected chi connectivity index (χ1v) is 8.54. The Hall–Kier alpha value is -4.14. The van der Waals surface area contributed by atoms with Gasteiger partial charge in [-0.15, -0.1) is 10.2 Å². The minimum absolute atomic E-state index is 0.0103. The monoisotopic (exact) mass is 392 g/mol. The van der Waals surface area contributed by atoms with Crippen molar-refractivity contribution in [1.82, 2.24) is 20.6 Å². The molecule has 9 heteroatoms. The molecule has 0 saturated heterocycles. The summed E-state index contributed by atoms with van der Waals surface area (Å²) in [6.45, 7) is 0. The van der Waals surface area contributed by atoms with Gasteiger partial charge in [0.1, 0.15) is 11.3 Å². The molecule has 0 fully saturated rings. The second-order valence-corrected chi connectivity index (χ2v) is 6.01. The number of nitrogens with zero attached hydrogens (tertiary/aromatic N) is 3. The highest BCUT2D eigenvalue weighted by Gasteiger charge is 2.26. The van der Waals surface area contributed by atoms with Crippen LogP contribution in [0.2, 0.25) is 0 Å². The summed E-state index contributed by atoms with van der Waals surface area (Å²) in [6.07, 6.45) is 4.40. The number of phenolic OH excluding ortho intramolecular Hbond substituents is 1. The maximum atomic E-state index is 12.9. The molecule has 4 aromatic rings. The highest BCUT2D eigenvalue weighted by Crippen LogP contribution is 2.45. The van der Waals surface area contributed by atoms with E-state index in [9.17, 15) is 9.90 Å². The number of H-pyrrole nitrogens is 1. The van der Waals surface area contributed by atoms with Crippen LogP contribution in [-0.4, -0.2) is 45.7 Å². The van der Waals surface area contributed by atoms with Crippen molar-refractivity contribution < 1.29 is 23.8 Å². The van der Waals surface area contributed by atoms with Gasteiger partial charge in [0.25, 0.3) is 0 Å². The number of carbonyl (C=O) groups is 1. The zero-order valence-electron chi connectivity index (χ0n) is 15.5. The van der Waals surface area contributed by atoms with E-state index in [2.05, 4.69) is 20.6 Å². The number of hydrogen-bond donors (Lipinski definition) is 2. The molecular formula is C20H16N4O5. The Labute approximate surface area is 164 Å². The molecule has 0 atom stereocenters. The summed E-state index contributed by atoms with van der Waals surface area (Å²) in [7, 11) is 2.81. The summed E-state index contributed by atoms with van der Waals surface area (Å²) in [4.78, 5) is 12.9. The lowest BCUT2D eigenvalue weighted by molar-refractivity contribution is 0.104. The van der Waals surface area contributed by atoms with Crippen LogP contribution in [0.5, 0.6) is 17.2 Å². The van der Waals surface area contributed by atoms with Crippen LogP contribution in [0.3, 0.4) is 0 Å². The van der Waals surface area contributed by atoms with Gasteiger partial charge in [-0.05, 0) is 29.0 Å². The summed E-state index contributed by atoms with van der Waals surface area (Å²) in [6, 6.07) is 8.92.